The Bertz CT molecular complexity index is 182. The minimum atomic E-state index is -0.500. The van der Waals surface area contributed by atoms with Gasteiger partial charge in [-0.05, 0) is 13.0 Å². The van der Waals surface area contributed by atoms with E-state index in [0.29, 0.717) is 0 Å². The van der Waals surface area contributed by atoms with Gasteiger partial charge < -0.3 is 5.11 Å². The van der Waals surface area contributed by atoms with Gasteiger partial charge in [0, 0.05) is 13.1 Å². The molecule has 0 aromatic carbocycles. The molecule has 1 aliphatic rings. The molecule has 0 spiro atoms. The first-order valence-corrected chi connectivity index (χ1v) is 4.68. The molecule has 1 saturated heterocycles. The van der Waals surface area contributed by atoms with Crippen LogP contribution in [0.5, 0.6) is 0 Å². The fourth-order valence-electron chi connectivity index (χ4n) is 1.64. The molecule has 1 heterocycles. The average molecular weight is 182 g/mol. The third-order valence-electron chi connectivity index (χ3n) is 2.30. The maximum absolute atomic E-state index is 9.62. The van der Waals surface area contributed by atoms with Gasteiger partial charge in [0.15, 0.2) is 0 Å². The minimum absolute atomic E-state index is 0.00394. The van der Waals surface area contributed by atoms with Crippen molar-refractivity contribution in [2.75, 3.05) is 19.6 Å². The third-order valence-corrected chi connectivity index (χ3v) is 2.30. The molecule has 1 fully saturated rings. The second kappa shape index (κ2) is 5.17. The lowest BCUT2D eigenvalue weighted by Crippen LogP contribution is -2.56. The molecule has 0 saturated carbocycles. The summed E-state index contributed by atoms with van der Waals surface area (Å²) >= 11 is 0. The van der Waals surface area contributed by atoms with Crippen LogP contribution in [0.4, 0.5) is 0 Å². The van der Waals surface area contributed by atoms with Crippen LogP contribution in [0.1, 0.15) is 6.42 Å². The summed E-state index contributed by atoms with van der Waals surface area (Å²) in [5, 5.41) is 12.9. The van der Waals surface area contributed by atoms with E-state index in [0.717, 1.165) is 26.1 Å². The third kappa shape index (κ3) is 2.66. The average Bonchev–Trinajstić information content (AvgIpc) is 2.18. The van der Waals surface area contributed by atoms with E-state index in [1.54, 1.807) is 6.08 Å². The van der Waals surface area contributed by atoms with Gasteiger partial charge >= 0.3 is 0 Å². The molecule has 1 aliphatic heterocycles. The Morgan fingerprint density at radius 2 is 2.38 bits per heavy atom. The molecule has 0 aromatic heterocycles. The second-order valence-electron chi connectivity index (χ2n) is 3.26. The van der Waals surface area contributed by atoms with Crippen LogP contribution in [0.3, 0.4) is 0 Å². The summed E-state index contributed by atoms with van der Waals surface area (Å²) < 4.78 is 0. The number of nitrogens with one attached hydrogen (secondary N) is 1. The number of aliphatic hydroxyl groups excluding tert-OH is 1. The zero-order chi connectivity index (χ0) is 9.68. The molecule has 13 heavy (non-hydrogen) atoms. The summed E-state index contributed by atoms with van der Waals surface area (Å²) in [6, 6.07) is 0. The van der Waals surface area contributed by atoms with Crippen LogP contribution in [0.25, 0.3) is 0 Å². The molecule has 74 valence electrons. The lowest BCUT2D eigenvalue weighted by Gasteiger charge is -2.37. The Morgan fingerprint density at radius 3 is 3.00 bits per heavy atom. The zero-order valence-electron chi connectivity index (χ0n) is 7.95. The Kier molecular flexibility index (Phi) is 4.15. The van der Waals surface area contributed by atoms with Gasteiger partial charge in [0.1, 0.15) is 6.10 Å². The van der Waals surface area contributed by atoms with E-state index in [1.807, 2.05) is 6.08 Å². The first-order valence-electron chi connectivity index (χ1n) is 4.68. The molecular formula is C10H18N2O. The molecule has 2 unspecified atom stereocenters. The van der Waals surface area contributed by atoms with Crippen molar-refractivity contribution in [3.8, 4) is 0 Å². The summed E-state index contributed by atoms with van der Waals surface area (Å²) in [6.07, 6.45) is 4.05. The van der Waals surface area contributed by atoms with Crippen LogP contribution < -0.4 is 5.32 Å². The highest BCUT2D eigenvalue weighted by molar-refractivity contribution is 4.92. The number of hydrogen-bond acceptors (Lipinski definition) is 3. The van der Waals surface area contributed by atoms with Crippen molar-refractivity contribution in [2.45, 2.75) is 18.7 Å². The van der Waals surface area contributed by atoms with Crippen molar-refractivity contribution >= 4 is 0 Å². The van der Waals surface area contributed by atoms with Crippen LogP contribution in [-0.2, 0) is 0 Å². The molecule has 0 amide bonds. The van der Waals surface area contributed by atoms with Crippen LogP contribution in [0.15, 0.2) is 25.3 Å². The summed E-state index contributed by atoms with van der Waals surface area (Å²) in [7, 11) is 0. The van der Waals surface area contributed by atoms with E-state index in [9.17, 15) is 5.11 Å². The molecule has 0 aromatic rings. The van der Waals surface area contributed by atoms with Crippen molar-refractivity contribution in [3.05, 3.63) is 25.3 Å². The molecule has 1 rings (SSSR count). The van der Waals surface area contributed by atoms with E-state index >= 15 is 0 Å². The van der Waals surface area contributed by atoms with Gasteiger partial charge in [-0.15, -0.1) is 13.2 Å². The first kappa shape index (κ1) is 10.4. The molecule has 0 radical (unpaired) electrons. The van der Waals surface area contributed by atoms with Gasteiger partial charge in [-0.1, -0.05) is 12.2 Å². The second-order valence-corrected chi connectivity index (χ2v) is 3.26. The van der Waals surface area contributed by atoms with Crippen molar-refractivity contribution in [1.29, 1.82) is 0 Å². The highest BCUT2D eigenvalue weighted by atomic mass is 16.3. The zero-order valence-corrected chi connectivity index (χ0v) is 7.95. The Balaban J connectivity index is 2.54. The molecule has 2 N–H and O–H groups in total. The van der Waals surface area contributed by atoms with Gasteiger partial charge in [-0.25, -0.2) is 0 Å². The molecule has 0 bridgehead atoms. The standard InChI is InChI=1S/C10H18N2O/c1-3-7-12-8-5-6-11-10(12)9(13)4-2/h3-4,9-11,13H,1-2,5-8H2. The van der Waals surface area contributed by atoms with Gasteiger partial charge in [-0.2, -0.15) is 0 Å². The monoisotopic (exact) mass is 182 g/mol. The molecule has 2 atom stereocenters. The maximum atomic E-state index is 9.62. The number of hydrogen-bond donors (Lipinski definition) is 2. The fourth-order valence-corrected chi connectivity index (χ4v) is 1.64. The highest BCUT2D eigenvalue weighted by Gasteiger charge is 2.25. The fraction of sp³-hybridized carbons (Fsp3) is 0.600. The lowest BCUT2D eigenvalue weighted by molar-refractivity contribution is 0.0458. The predicted molar refractivity (Wildman–Crippen MR) is 54.4 cm³/mol. The van der Waals surface area contributed by atoms with Gasteiger partial charge in [0.05, 0.1) is 6.17 Å². The Hall–Kier alpha value is -0.640. The Morgan fingerprint density at radius 1 is 1.62 bits per heavy atom. The predicted octanol–water partition coefficient (Wildman–Crippen LogP) is 0.341. The molecule has 3 nitrogen and oxygen atoms in total. The first-order chi connectivity index (χ1) is 6.29. The van der Waals surface area contributed by atoms with Crippen molar-refractivity contribution < 1.29 is 5.11 Å². The lowest BCUT2D eigenvalue weighted by atomic mass is 10.1. The summed E-state index contributed by atoms with van der Waals surface area (Å²) in [5.74, 6) is 0. The number of nitrogens with zero attached hydrogens (tertiary/aromatic N) is 1. The number of rotatable bonds is 4. The number of aliphatic hydroxyl groups is 1. The summed E-state index contributed by atoms with van der Waals surface area (Å²) in [5.41, 5.74) is 0. The quantitative estimate of drug-likeness (QED) is 0.615. The van der Waals surface area contributed by atoms with Crippen molar-refractivity contribution in [1.82, 2.24) is 10.2 Å². The van der Waals surface area contributed by atoms with E-state index in [1.165, 1.54) is 0 Å². The van der Waals surface area contributed by atoms with Gasteiger partial charge in [-0.3, -0.25) is 10.2 Å². The van der Waals surface area contributed by atoms with Crippen LogP contribution in [0, 0.1) is 0 Å². The smallest absolute Gasteiger partial charge is 0.100 e. The van der Waals surface area contributed by atoms with E-state index in [2.05, 4.69) is 23.4 Å². The molecule has 0 aliphatic carbocycles. The maximum Gasteiger partial charge on any atom is 0.100 e. The van der Waals surface area contributed by atoms with E-state index in [-0.39, 0.29) is 6.17 Å². The normalized spacial score (nSPS) is 26.7. The van der Waals surface area contributed by atoms with Gasteiger partial charge in [0.2, 0.25) is 0 Å². The van der Waals surface area contributed by atoms with Crippen LogP contribution >= 0.6 is 0 Å². The SMILES string of the molecule is C=CCN1CCCNC1C(O)C=C. The van der Waals surface area contributed by atoms with Crippen LogP contribution in [0.2, 0.25) is 0 Å². The topological polar surface area (TPSA) is 35.5 Å². The van der Waals surface area contributed by atoms with Crippen LogP contribution in [-0.4, -0.2) is 41.9 Å². The van der Waals surface area contributed by atoms with E-state index < -0.39 is 6.10 Å². The summed E-state index contributed by atoms with van der Waals surface area (Å²) in [6.45, 7) is 10.1. The highest BCUT2D eigenvalue weighted by Crippen LogP contribution is 2.08. The summed E-state index contributed by atoms with van der Waals surface area (Å²) in [4.78, 5) is 2.17. The van der Waals surface area contributed by atoms with Crippen molar-refractivity contribution in [3.63, 3.8) is 0 Å². The largest absolute Gasteiger partial charge is 0.386 e. The minimum Gasteiger partial charge on any atom is -0.386 e. The molecular weight excluding hydrogens is 164 g/mol. The Labute approximate surface area is 79.7 Å². The van der Waals surface area contributed by atoms with Gasteiger partial charge in [0.25, 0.3) is 0 Å². The van der Waals surface area contributed by atoms with E-state index in [4.69, 9.17) is 0 Å². The van der Waals surface area contributed by atoms with Crippen molar-refractivity contribution in [2.24, 2.45) is 0 Å². The molecule has 3 heteroatoms.